The summed E-state index contributed by atoms with van der Waals surface area (Å²) in [6.45, 7) is 7.33. The Hall–Kier alpha value is -2.25. The Morgan fingerprint density at radius 1 is 1.24 bits per heavy atom. The predicted octanol–water partition coefficient (Wildman–Crippen LogP) is 4.71. The maximum Gasteiger partial charge on any atom is 0.411 e. The van der Waals surface area contributed by atoms with Crippen LogP contribution in [0.4, 0.5) is 4.79 Å². The molecule has 0 radical (unpaired) electrons. The molecule has 2 heterocycles. The molecule has 1 aliphatic heterocycles. The number of benzene rings is 1. The number of halogens is 2. The highest BCUT2D eigenvalue weighted by Gasteiger charge is 2.38. The van der Waals surface area contributed by atoms with Crippen molar-refractivity contribution in [1.82, 2.24) is 4.90 Å². The van der Waals surface area contributed by atoms with Crippen LogP contribution in [0, 0.1) is 6.92 Å². The van der Waals surface area contributed by atoms with Gasteiger partial charge >= 0.3 is 17.7 Å². The molecule has 3 rings (SSSR count). The SMILES string of the molecule is Cc1c(Cl)c(=O)oc2cc(OC(=O)[C@@H]3CCCN3C(=O)OC(C)(C)C)c(Cl)cc12. The Morgan fingerprint density at radius 3 is 2.59 bits per heavy atom. The summed E-state index contributed by atoms with van der Waals surface area (Å²) in [6.07, 6.45) is 0.530. The fourth-order valence-electron chi connectivity index (χ4n) is 3.13. The number of esters is 1. The summed E-state index contributed by atoms with van der Waals surface area (Å²) in [7, 11) is 0. The van der Waals surface area contributed by atoms with E-state index in [-0.39, 0.29) is 21.4 Å². The molecule has 1 saturated heterocycles. The van der Waals surface area contributed by atoms with E-state index in [0.29, 0.717) is 30.3 Å². The third-order valence-corrected chi connectivity index (χ3v) is 5.25. The molecule has 1 aliphatic rings. The van der Waals surface area contributed by atoms with Crippen LogP contribution in [-0.2, 0) is 9.53 Å². The normalized spacial score (nSPS) is 16.9. The first-order valence-corrected chi connectivity index (χ1v) is 9.87. The van der Waals surface area contributed by atoms with Crippen molar-refractivity contribution >= 4 is 46.2 Å². The second-order valence-electron chi connectivity index (χ2n) is 7.86. The van der Waals surface area contributed by atoms with Gasteiger partial charge in [-0.2, -0.15) is 0 Å². The number of ether oxygens (including phenoxy) is 2. The summed E-state index contributed by atoms with van der Waals surface area (Å²) in [4.78, 5) is 38.3. The quantitative estimate of drug-likeness (QED) is 0.380. The van der Waals surface area contributed by atoms with Crippen molar-refractivity contribution in [2.45, 2.75) is 52.2 Å². The van der Waals surface area contributed by atoms with Gasteiger partial charge in [0.05, 0.1) is 5.02 Å². The first-order chi connectivity index (χ1) is 13.5. The summed E-state index contributed by atoms with van der Waals surface area (Å²) < 4.78 is 16.0. The number of rotatable bonds is 2. The summed E-state index contributed by atoms with van der Waals surface area (Å²) in [5.41, 5.74) is -0.654. The van der Waals surface area contributed by atoms with Crippen molar-refractivity contribution in [2.75, 3.05) is 6.54 Å². The van der Waals surface area contributed by atoms with Gasteiger partial charge in [-0.3, -0.25) is 4.90 Å². The number of carbonyl (C=O) groups excluding carboxylic acids is 2. The zero-order valence-electron chi connectivity index (χ0n) is 16.5. The number of carbonyl (C=O) groups is 2. The van der Waals surface area contributed by atoms with Gasteiger partial charge < -0.3 is 13.9 Å². The van der Waals surface area contributed by atoms with Gasteiger partial charge in [0.2, 0.25) is 0 Å². The van der Waals surface area contributed by atoms with E-state index in [1.165, 1.54) is 17.0 Å². The van der Waals surface area contributed by atoms with Gasteiger partial charge in [0.25, 0.3) is 0 Å². The van der Waals surface area contributed by atoms with Gasteiger partial charge in [-0.05, 0) is 52.2 Å². The number of aryl methyl sites for hydroxylation is 1. The van der Waals surface area contributed by atoms with E-state index in [0.717, 1.165) is 0 Å². The fraction of sp³-hybridized carbons (Fsp3) is 0.450. The Kier molecular flexibility index (Phi) is 5.83. The molecule has 0 unspecified atom stereocenters. The van der Waals surface area contributed by atoms with Crippen molar-refractivity contribution in [3.63, 3.8) is 0 Å². The molecule has 7 nitrogen and oxygen atoms in total. The molecule has 1 aromatic carbocycles. The van der Waals surface area contributed by atoms with Gasteiger partial charge in [0.15, 0.2) is 5.75 Å². The Morgan fingerprint density at radius 2 is 1.93 bits per heavy atom. The van der Waals surface area contributed by atoms with Crippen LogP contribution in [0.3, 0.4) is 0 Å². The molecule has 0 bridgehead atoms. The monoisotopic (exact) mass is 441 g/mol. The molecule has 0 N–H and O–H groups in total. The van der Waals surface area contributed by atoms with E-state index in [2.05, 4.69) is 0 Å². The van der Waals surface area contributed by atoms with Gasteiger partial charge in [0, 0.05) is 18.0 Å². The molecule has 1 aromatic heterocycles. The molecule has 9 heteroatoms. The molecular weight excluding hydrogens is 421 g/mol. The van der Waals surface area contributed by atoms with Crippen LogP contribution in [-0.4, -0.2) is 35.2 Å². The Labute approximate surface area is 177 Å². The van der Waals surface area contributed by atoms with Crippen LogP contribution in [0.1, 0.15) is 39.2 Å². The van der Waals surface area contributed by atoms with Gasteiger partial charge in [-0.15, -0.1) is 0 Å². The van der Waals surface area contributed by atoms with Crippen LogP contribution in [0.5, 0.6) is 5.75 Å². The molecule has 2 aromatic rings. The molecule has 156 valence electrons. The van der Waals surface area contributed by atoms with E-state index in [1.807, 2.05) is 0 Å². The van der Waals surface area contributed by atoms with Crippen molar-refractivity contribution in [3.05, 3.63) is 38.2 Å². The van der Waals surface area contributed by atoms with E-state index in [9.17, 15) is 14.4 Å². The molecule has 1 amide bonds. The predicted molar refractivity (Wildman–Crippen MR) is 109 cm³/mol. The molecule has 0 spiro atoms. The van der Waals surface area contributed by atoms with Gasteiger partial charge in [0.1, 0.15) is 22.2 Å². The van der Waals surface area contributed by atoms with Crippen LogP contribution in [0.2, 0.25) is 10.0 Å². The van der Waals surface area contributed by atoms with Gasteiger partial charge in [-0.1, -0.05) is 23.2 Å². The second-order valence-corrected chi connectivity index (χ2v) is 8.65. The van der Waals surface area contributed by atoms with Gasteiger partial charge in [-0.25, -0.2) is 14.4 Å². The van der Waals surface area contributed by atoms with Crippen LogP contribution in [0.25, 0.3) is 11.0 Å². The average Bonchev–Trinajstić information content (AvgIpc) is 3.10. The maximum atomic E-state index is 12.7. The molecular formula is C20H21Cl2NO6. The molecule has 0 aliphatic carbocycles. The summed E-state index contributed by atoms with van der Waals surface area (Å²) in [5.74, 6) is -0.604. The van der Waals surface area contributed by atoms with Crippen LogP contribution in [0.15, 0.2) is 21.3 Å². The fourth-order valence-corrected chi connectivity index (χ4v) is 3.48. The van der Waals surface area contributed by atoms with Crippen molar-refractivity contribution in [2.24, 2.45) is 0 Å². The minimum absolute atomic E-state index is 0.0303. The molecule has 1 fully saturated rings. The van der Waals surface area contributed by atoms with Crippen molar-refractivity contribution in [1.29, 1.82) is 0 Å². The first kappa shape index (κ1) is 21.5. The van der Waals surface area contributed by atoms with E-state index in [4.69, 9.17) is 37.1 Å². The lowest BCUT2D eigenvalue weighted by Crippen LogP contribution is -2.44. The first-order valence-electron chi connectivity index (χ1n) is 9.11. The third-order valence-electron chi connectivity index (χ3n) is 4.51. The van der Waals surface area contributed by atoms with Crippen molar-refractivity contribution in [3.8, 4) is 5.75 Å². The lowest BCUT2D eigenvalue weighted by Gasteiger charge is -2.27. The minimum Gasteiger partial charge on any atom is -0.444 e. The summed E-state index contributed by atoms with van der Waals surface area (Å²) in [6, 6.07) is 2.10. The minimum atomic E-state index is -0.782. The highest BCUT2D eigenvalue weighted by Crippen LogP contribution is 2.33. The van der Waals surface area contributed by atoms with Crippen molar-refractivity contribution < 1.29 is 23.5 Å². The number of fused-ring (bicyclic) bond motifs is 1. The zero-order chi connectivity index (χ0) is 21.5. The number of hydrogen-bond donors (Lipinski definition) is 0. The largest absolute Gasteiger partial charge is 0.444 e. The lowest BCUT2D eigenvalue weighted by atomic mass is 10.1. The van der Waals surface area contributed by atoms with Crippen LogP contribution >= 0.6 is 23.2 Å². The maximum absolute atomic E-state index is 12.7. The Bertz CT molecular complexity index is 1040. The lowest BCUT2D eigenvalue weighted by molar-refractivity contribution is -0.139. The average molecular weight is 442 g/mol. The number of nitrogens with zero attached hydrogens (tertiary/aromatic N) is 1. The summed E-state index contributed by atoms with van der Waals surface area (Å²) in [5, 5.41) is 0.661. The molecule has 0 saturated carbocycles. The third kappa shape index (κ3) is 4.51. The second kappa shape index (κ2) is 7.88. The topological polar surface area (TPSA) is 86.0 Å². The number of likely N-dealkylation sites (tertiary alicyclic amines) is 1. The number of hydrogen-bond acceptors (Lipinski definition) is 6. The van der Waals surface area contributed by atoms with E-state index in [1.54, 1.807) is 27.7 Å². The smallest absolute Gasteiger partial charge is 0.411 e. The standard InChI is InChI=1S/C20H21Cl2NO6/c1-10-11-8-12(21)15(9-14(11)27-18(25)16(10)22)28-17(24)13-6-5-7-23(13)19(26)29-20(2,3)4/h8-9,13H,5-7H2,1-4H3/t13-/m0/s1. The molecule has 1 atom stereocenters. The van der Waals surface area contributed by atoms with Crippen LogP contribution < -0.4 is 10.4 Å². The zero-order valence-corrected chi connectivity index (χ0v) is 18.0. The summed E-state index contributed by atoms with van der Waals surface area (Å²) >= 11 is 12.2. The highest BCUT2D eigenvalue weighted by atomic mass is 35.5. The Balaban J connectivity index is 1.85. The van der Waals surface area contributed by atoms with E-state index >= 15 is 0 Å². The molecule has 29 heavy (non-hydrogen) atoms. The highest BCUT2D eigenvalue weighted by molar-refractivity contribution is 6.34. The van der Waals surface area contributed by atoms with E-state index < -0.39 is 29.3 Å². The number of amides is 1.